The number of allylic oxidation sites excluding steroid dienone is 2. The maximum atomic E-state index is 13.7. The van der Waals surface area contributed by atoms with Crippen LogP contribution in [0.1, 0.15) is 94.1 Å². The maximum Gasteiger partial charge on any atom is 0.276 e. The van der Waals surface area contributed by atoms with E-state index in [0.717, 1.165) is 13.1 Å². The third kappa shape index (κ3) is 10.1. The molecule has 0 saturated heterocycles. The predicted molar refractivity (Wildman–Crippen MR) is 233 cm³/mol. The van der Waals surface area contributed by atoms with Crippen molar-refractivity contribution in [3.05, 3.63) is 82.5 Å². The van der Waals surface area contributed by atoms with Crippen molar-refractivity contribution in [2.24, 2.45) is 11.5 Å². The number of rotatable bonds is 19. The molecule has 0 aliphatic carbocycles. The van der Waals surface area contributed by atoms with Gasteiger partial charge in [0.25, 0.3) is 11.8 Å². The first kappa shape index (κ1) is 45.1. The molecule has 19 heteroatoms. The summed E-state index contributed by atoms with van der Waals surface area (Å²) in [6.07, 6.45) is 4.39. The van der Waals surface area contributed by atoms with Gasteiger partial charge in [-0.2, -0.15) is 10.2 Å². The van der Waals surface area contributed by atoms with Crippen molar-refractivity contribution in [3.8, 4) is 11.5 Å². The molecule has 0 aliphatic heterocycles. The van der Waals surface area contributed by atoms with E-state index in [9.17, 15) is 19.2 Å². The van der Waals surface area contributed by atoms with Gasteiger partial charge in [0.2, 0.25) is 23.7 Å². The third-order valence-electron chi connectivity index (χ3n) is 9.47. The zero-order valence-corrected chi connectivity index (χ0v) is 36.0. The van der Waals surface area contributed by atoms with Gasteiger partial charge in [-0.05, 0) is 83.6 Å². The molecule has 4 aromatic heterocycles. The van der Waals surface area contributed by atoms with Crippen molar-refractivity contribution < 1.29 is 28.7 Å². The minimum absolute atomic E-state index is 0.174. The van der Waals surface area contributed by atoms with Gasteiger partial charge in [-0.15, -0.1) is 0 Å². The van der Waals surface area contributed by atoms with Gasteiger partial charge in [0.15, 0.2) is 0 Å². The highest BCUT2D eigenvalue weighted by molar-refractivity contribution is 6.05. The summed E-state index contributed by atoms with van der Waals surface area (Å²) in [5.41, 5.74) is 15.6. The van der Waals surface area contributed by atoms with Crippen LogP contribution in [0.5, 0.6) is 11.5 Å². The van der Waals surface area contributed by atoms with Crippen molar-refractivity contribution in [1.29, 1.82) is 0 Å². The van der Waals surface area contributed by atoms with Crippen LogP contribution in [0.25, 0.3) is 22.1 Å². The van der Waals surface area contributed by atoms with Gasteiger partial charge in [-0.3, -0.25) is 39.2 Å². The Morgan fingerprint density at radius 2 is 1.16 bits per heavy atom. The molecular formula is C42H55N13O6. The Hall–Kier alpha value is -7.02. The van der Waals surface area contributed by atoms with E-state index in [1.165, 1.54) is 19.2 Å². The molecule has 4 amide bonds. The summed E-state index contributed by atoms with van der Waals surface area (Å²) in [4.78, 5) is 61.4. The first-order chi connectivity index (χ1) is 29.4. The summed E-state index contributed by atoms with van der Waals surface area (Å²) in [6.45, 7) is 16.6. The number of amides is 4. The fourth-order valence-corrected chi connectivity index (χ4v) is 6.74. The number of imidazole rings is 2. The molecule has 6 aromatic rings. The molecule has 324 valence electrons. The van der Waals surface area contributed by atoms with Crippen LogP contribution >= 0.6 is 0 Å². The number of aryl methyl sites for hydroxylation is 4. The second-order valence-corrected chi connectivity index (χ2v) is 13.6. The molecule has 0 unspecified atom stereocenters. The van der Waals surface area contributed by atoms with Crippen LogP contribution in [0, 0.1) is 13.8 Å². The second-order valence-electron chi connectivity index (χ2n) is 13.6. The Morgan fingerprint density at radius 3 is 1.59 bits per heavy atom. The smallest absolute Gasteiger partial charge is 0.276 e. The largest absolute Gasteiger partial charge is 0.494 e. The third-order valence-corrected chi connectivity index (χ3v) is 9.47. The van der Waals surface area contributed by atoms with Crippen LogP contribution in [0.4, 0.5) is 11.9 Å². The molecule has 0 spiro atoms. The van der Waals surface area contributed by atoms with Crippen molar-refractivity contribution in [2.45, 2.75) is 81.1 Å². The topological polar surface area (TPSA) is 246 Å². The SMILES string of the molecule is CC.CCNCCCOc1cc(C(N)=O)cc2nc(NC(=O)c3cc(C)nn3CC)n(C/C=C/Cn3c(NC(=O)c4cc(C)nn4CC)nc4cc(C(N)=O)cc(OC)c43)c12. The number of carbonyl (C=O) groups excluding carboxylic acids is 4. The van der Waals surface area contributed by atoms with Crippen LogP contribution in [0.2, 0.25) is 0 Å². The maximum absolute atomic E-state index is 13.7. The molecule has 0 bridgehead atoms. The lowest BCUT2D eigenvalue weighted by molar-refractivity contribution is 0.0991. The summed E-state index contributed by atoms with van der Waals surface area (Å²) in [7, 11) is 1.46. The van der Waals surface area contributed by atoms with Gasteiger partial charge in [-0.25, -0.2) is 9.97 Å². The van der Waals surface area contributed by atoms with E-state index in [0.29, 0.717) is 82.5 Å². The van der Waals surface area contributed by atoms with Crippen LogP contribution in [0.15, 0.2) is 48.6 Å². The van der Waals surface area contributed by atoms with Crippen molar-refractivity contribution in [1.82, 2.24) is 44.0 Å². The summed E-state index contributed by atoms with van der Waals surface area (Å²) < 4.78 is 18.7. The fraction of sp³-hybridized carbons (Fsp3) is 0.381. The van der Waals surface area contributed by atoms with E-state index >= 15 is 0 Å². The van der Waals surface area contributed by atoms with Gasteiger partial charge in [0, 0.05) is 37.3 Å². The van der Waals surface area contributed by atoms with E-state index in [4.69, 9.17) is 25.9 Å². The number of nitrogens with two attached hydrogens (primary N) is 2. The Kier molecular flexibility index (Phi) is 15.0. The van der Waals surface area contributed by atoms with E-state index in [-0.39, 0.29) is 36.1 Å². The molecular weight excluding hydrogens is 783 g/mol. The highest BCUT2D eigenvalue weighted by atomic mass is 16.5. The number of aromatic nitrogens is 8. The Balaban J connectivity index is 0.00000347. The molecule has 4 heterocycles. The first-order valence-electron chi connectivity index (χ1n) is 20.3. The van der Waals surface area contributed by atoms with Gasteiger partial charge >= 0.3 is 0 Å². The lowest BCUT2D eigenvalue weighted by Crippen LogP contribution is -2.20. The number of nitrogens with one attached hydrogen (secondary N) is 3. The Labute approximate surface area is 353 Å². The zero-order valence-electron chi connectivity index (χ0n) is 36.0. The number of anilines is 2. The Morgan fingerprint density at radius 1 is 0.705 bits per heavy atom. The molecule has 6 rings (SSSR count). The molecule has 0 saturated carbocycles. The summed E-state index contributed by atoms with van der Waals surface area (Å²) in [6, 6.07) is 9.57. The van der Waals surface area contributed by atoms with Crippen molar-refractivity contribution in [2.75, 3.05) is 37.4 Å². The number of ether oxygens (including phenoxy) is 2. The van der Waals surface area contributed by atoms with E-state index in [1.807, 2.05) is 53.7 Å². The lowest BCUT2D eigenvalue weighted by atomic mass is 10.1. The molecule has 61 heavy (non-hydrogen) atoms. The quantitative estimate of drug-likeness (QED) is 0.0547. The number of primary amides is 2. The number of hydrogen-bond acceptors (Lipinski definition) is 11. The number of benzene rings is 2. The Bertz CT molecular complexity index is 2580. The summed E-state index contributed by atoms with van der Waals surface area (Å²) >= 11 is 0. The average molecular weight is 838 g/mol. The number of nitrogens with zero attached hydrogens (tertiary/aromatic N) is 8. The zero-order chi connectivity index (χ0) is 44.4. The molecule has 0 aliphatic rings. The summed E-state index contributed by atoms with van der Waals surface area (Å²) in [5.74, 6) is -1.11. The fourth-order valence-electron chi connectivity index (χ4n) is 6.74. The lowest BCUT2D eigenvalue weighted by Gasteiger charge is -2.13. The average Bonchev–Trinajstić information content (AvgIpc) is 4.01. The first-order valence-corrected chi connectivity index (χ1v) is 20.3. The predicted octanol–water partition coefficient (Wildman–Crippen LogP) is 4.81. The number of methoxy groups -OCH3 is 1. The highest BCUT2D eigenvalue weighted by Crippen LogP contribution is 2.33. The molecule has 2 aromatic carbocycles. The van der Waals surface area contributed by atoms with Gasteiger partial charge in [-0.1, -0.05) is 32.9 Å². The van der Waals surface area contributed by atoms with Crippen molar-refractivity contribution in [3.63, 3.8) is 0 Å². The molecule has 19 nitrogen and oxygen atoms in total. The normalized spacial score (nSPS) is 11.2. The monoisotopic (exact) mass is 837 g/mol. The van der Waals surface area contributed by atoms with Crippen LogP contribution in [-0.4, -0.2) is 89.1 Å². The second kappa shape index (κ2) is 20.3. The highest BCUT2D eigenvalue weighted by Gasteiger charge is 2.23. The van der Waals surface area contributed by atoms with E-state index < -0.39 is 23.6 Å². The van der Waals surface area contributed by atoms with Crippen LogP contribution in [0.3, 0.4) is 0 Å². The molecule has 7 N–H and O–H groups in total. The number of carbonyl (C=O) groups is 4. The summed E-state index contributed by atoms with van der Waals surface area (Å²) in [5, 5.41) is 17.9. The van der Waals surface area contributed by atoms with Gasteiger partial charge < -0.3 is 35.4 Å². The minimum atomic E-state index is -0.666. The van der Waals surface area contributed by atoms with Crippen LogP contribution in [-0.2, 0) is 26.2 Å². The number of hydrogen-bond donors (Lipinski definition) is 5. The van der Waals surface area contributed by atoms with E-state index in [2.05, 4.69) is 31.1 Å². The van der Waals surface area contributed by atoms with E-state index in [1.54, 1.807) is 49.7 Å². The van der Waals surface area contributed by atoms with Crippen LogP contribution < -0.4 is 36.9 Å². The molecule has 0 radical (unpaired) electrons. The van der Waals surface area contributed by atoms with Gasteiger partial charge in [0.05, 0.1) is 36.1 Å². The van der Waals surface area contributed by atoms with Gasteiger partial charge in [0.1, 0.15) is 33.9 Å². The minimum Gasteiger partial charge on any atom is -0.494 e. The molecule has 0 fully saturated rings. The number of fused-ring (bicyclic) bond motifs is 2. The standard InChI is InChI=1S/C40H49N13O6.C2H6/c1-7-43-13-12-16-59-32-22-26(36(42)55)20-28-34(32)51(40(45-28)47-38(57)30-18-24(5)49-53(30)9-3)15-11-10-14-50-33-27(19-25(35(41)54)21-31(33)58-6)44-39(50)46-37(56)29-17-23(4)48-52(29)8-2;1-2/h10-11,17-22,43H,7-9,12-16H2,1-6H3,(H2,41,54)(H2,42,55)(H,44,46,56)(H,45,47,57);1-2H3/b11-10+;. The van der Waals surface area contributed by atoms with Crippen molar-refractivity contribution >= 4 is 57.6 Å². The molecule has 0 atom stereocenters.